The molecule has 0 amide bonds. The van der Waals surface area contributed by atoms with Crippen molar-refractivity contribution >= 4 is 28.1 Å². The lowest BCUT2D eigenvalue weighted by molar-refractivity contribution is -0.0626. The van der Waals surface area contributed by atoms with Crippen LogP contribution >= 0.6 is 28.1 Å². The molecule has 1 saturated carbocycles. The van der Waals surface area contributed by atoms with Gasteiger partial charge < -0.3 is 9.72 Å². The first-order valence-electron chi connectivity index (χ1n) is 7.00. The van der Waals surface area contributed by atoms with E-state index < -0.39 is 0 Å². The van der Waals surface area contributed by atoms with Crippen LogP contribution in [0.15, 0.2) is 4.47 Å². The van der Waals surface area contributed by atoms with Crippen molar-refractivity contribution in [3.8, 4) is 0 Å². The fraction of sp³-hybridized carbons (Fsp3) is 0.714. The van der Waals surface area contributed by atoms with Gasteiger partial charge in [0, 0.05) is 12.3 Å². The summed E-state index contributed by atoms with van der Waals surface area (Å²) in [6.45, 7) is 4.77. The molecule has 0 radical (unpaired) electrons. The maximum atomic E-state index is 6.13. The van der Waals surface area contributed by atoms with Crippen LogP contribution in [0.3, 0.4) is 0 Å². The predicted octanol–water partition coefficient (Wildman–Crippen LogP) is 4.80. The molecule has 2 rings (SSSR count). The first-order valence-corrected chi connectivity index (χ1v) is 8.20. The lowest BCUT2D eigenvalue weighted by atomic mass is 9.93. The molecule has 1 fully saturated rings. The van der Waals surface area contributed by atoms with Crippen LogP contribution in [0.2, 0.25) is 0 Å². The van der Waals surface area contributed by atoms with Gasteiger partial charge in [0.2, 0.25) is 0 Å². The van der Waals surface area contributed by atoms with E-state index in [0.29, 0.717) is 11.2 Å². The van der Waals surface area contributed by atoms with Crippen molar-refractivity contribution in [2.24, 2.45) is 0 Å². The zero-order chi connectivity index (χ0) is 13.9. The highest BCUT2D eigenvalue weighted by atomic mass is 79.9. The van der Waals surface area contributed by atoms with Crippen molar-refractivity contribution in [3.63, 3.8) is 0 Å². The summed E-state index contributed by atoms with van der Waals surface area (Å²) in [5.74, 6) is 0.905. The largest absolute Gasteiger partial charge is 0.367 e. The fourth-order valence-corrected chi connectivity index (χ4v) is 3.24. The number of hydrogen-bond donors (Lipinski definition) is 1. The summed E-state index contributed by atoms with van der Waals surface area (Å²) in [5, 5.41) is 0. The first kappa shape index (κ1) is 15.1. The number of hydrogen-bond acceptors (Lipinski definition) is 3. The van der Waals surface area contributed by atoms with Gasteiger partial charge in [-0.05, 0) is 42.6 Å². The summed E-state index contributed by atoms with van der Waals surface area (Å²) in [6.07, 6.45) is 7.01. The Labute approximate surface area is 128 Å². The van der Waals surface area contributed by atoms with Crippen LogP contribution in [0, 0.1) is 11.6 Å². The van der Waals surface area contributed by atoms with Crippen LogP contribution in [0.5, 0.6) is 0 Å². The molecule has 0 unspecified atom stereocenters. The van der Waals surface area contributed by atoms with E-state index in [-0.39, 0.29) is 5.60 Å². The van der Waals surface area contributed by atoms with Crippen LogP contribution in [-0.4, -0.2) is 16.6 Å². The Bertz CT molecular complexity index is 493. The second-order valence-corrected chi connectivity index (χ2v) is 6.35. The Morgan fingerprint density at radius 1 is 1.32 bits per heavy atom. The average Bonchev–Trinajstić information content (AvgIpc) is 2.62. The Morgan fingerprint density at radius 2 is 1.95 bits per heavy atom. The number of nitrogens with one attached hydrogen (secondary N) is 1. The van der Waals surface area contributed by atoms with E-state index in [0.717, 1.165) is 28.8 Å². The minimum Gasteiger partial charge on any atom is -0.367 e. The Balaban J connectivity index is 2.45. The van der Waals surface area contributed by atoms with E-state index in [2.05, 4.69) is 25.9 Å². The fourth-order valence-electron chi connectivity index (χ4n) is 2.81. The predicted molar refractivity (Wildman–Crippen MR) is 82.9 cm³/mol. The second-order valence-electron chi connectivity index (χ2n) is 5.17. The van der Waals surface area contributed by atoms with Crippen molar-refractivity contribution in [1.82, 2.24) is 9.97 Å². The highest BCUT2D eigenvalue weighted by Crippen LogP contribution is 2.38. The third-order valence-corrected chi connectivity index (χ3v) is 5.33. The summed E-state index contributed by atoms with van der Waals surface area (Å²) in [4.78, 5) is 7.97. The number of nitrogens with zero attached hydrogens (tertiary/aromatic N) is 1. The zero-order valence-electron chi connectivity index (χ0n) is 11.6. The van der Waals surface area contributed by atoms with Crippen LogP contribution in [-0.2, 0) is 10.3 Å². The van der Waals surface area contributed by atoms with Crippen molar-refractivity contribution in [2.75, 3.05) is 6.61 Å². The molecule has 1 N–H and O–H groups in total. The van der Waals surface area contributed by atoms with Gasteiger partial charge >= 0.3 is 0 Å². The number of H-pyrrole nitrogens is 1. The molecule has 1 heterocycles. The highest BCUT2D eigenvalue weighted by Gasteiger charge is 2.36. The number of ether oxygens (including phenoxy) is 1. The summed E-state index contributed by atoms with van der Waals surface area (Å²) in [6, 6.07) is 0. The topological polar surface area (TPSA) is 37.9 Å². The summed E-state index contributed by atoms with van der Waals surface area (Å²) in [5.41, 5.74) is 0.753. The average molecular weight is 345 g/mol. The van der Waals surface area contributed by atoms with Crippen LogP contribution in [0.4, 0.5) is 0 Å². The van der Waals surface area contributed by atoms with Crippen molar-refractivity contribution in [1.29, 1.82) is 0 Å². The Morgan fingerprint density at radius 3 is 2.47 bits per heavy atom. The molecular weight excluding hydrogens is 324 g/mol. The van der Waals surface area contributed by atoms with E-state index >= 15 is 0 Å². The molecule has 1 aromatic rings. The van der Waals surface area contributed by atoms with Gasteiger partial charge in [-0.25, -0.2) is 4.98 Å². The van der Waals surface area contributed by atoms with Gasteiger partial charge in [0.1, 0.15) is 16.1 Å². The molecule has 0 aromatic carbocycles. The van der Waals surface area contributed by atoms with Crippen LogP contribution in [0.1, 0.15) is 57.0 Å². The van der Waals surface area contributed by atoms with Gasteiger partial charge in [-0.3, -0.25) is 0 Å². The quantitative estimate of drug-likeness (QED) is 0.632. The molecule has 1 aliphatic rings. The molecule has 106 valence electrons. The molecule has 0 saturated heterocycles. The smallest absolute Gasteiger partial charge is 0.144 e. The van der Waals surface area contributed by atoms with E-state index in [1.54, 1.807) is 0 Å². The van der Waals surface area contributed by atoms with Crippen LogP contribution in [0.25, 0.3) is 0 Å². The minimum atomic E-state index is -0.274. The Kier molecular flexibility index (Phi) is 5.15. The van der Waals surface area contributed by atoms with Gasteiger partial charge in [-0.15, -0.1) is 0 Å². The van der Waals surface area contributed by atoms with Crippen molar-refractivity contribution in [3.05, 3.63) is 20.6 Å². The number of aryl methyl sites for hydroxylation is 1. The SMILES string of the molecule is CCOC1(c2nc(=S)c(Br)c(C)[nH]2)CCCCCC1. The first-order chi connectivity index (χ1) is 9.09. The third-order valence-electron chi connectivity index (χ3n) is 3.80. The normalized spacial score (nSPS) is 19.1. The molecule has 5 heteroatoms. The maximum Gasteiger partial charge on any atom is 0.144 e. The lowest BCUT2D eigenvalue weighted by Gasteiger charge is -2.32. The van der Waals surface area contributed by atoms with Gasteiger partial charge in [0.05, 0.1) is 4.47 Å². The lowest BCUT2D eigenvalue weighted by Crippen LogP contribution is -2.32. The molecule has 0 spiro atoms. The van der Waals surface area contributed by atoms with Crippen molar-refractivity contribution < 1.29 is 4.74 Å². The third kappa shape index (κ3) is 3.26. The van der Waals surface area contributed by atoms with E-state index in [1.807, 2.05) is 13.8 Å². The molecule has 0 aliphatic heterocycles. The number of aromatic amines is 1. The molecule has 1 aliphatic carbocycles. The van der Waals surface area contributed by atoms with Crippen LogP contribution < -0.4 is 0 Å². The molecule has 3 nitrogen and oxygen atoms in total. The summed E-state index contributed by atoms with van der Waals surface area (Å²) < 4.78 is 7.63. The van der Waals surface area contributed by atoms with Gasteiger partial charge in [-0.2, -0.15) is 0 Å². The number of halogens is 1. The maximum absolute atomic E-state index is 6.13. The molecule has 1 aromatic heterocycles. The zero-order valence-corrected chi connectivity index (χ0v) is 14.0. The molecule has 0 atom stereocenters. The van der Waals surface area contributed by atoms with E-state index in [1.165, 1.54) is 25.7 Å². The molecule has 19 heavy (non-hydrogen) atoms. The van der Waals surface area contributed by atoms with Gasteiger partial charge in [-0.1, -0.05) is 37.9 Å². The summed E-state index contributed by atoms with van der Waals surface area (Å²) >= 11 is 8.80. The van der Waals surface area contributed by atoms with E-state index in [4.69, 9.17) is 17.0 Å². The molecule has 0 bridgehead atoms. The second kappa shape index (κ2) is 6.46. The Hall–Kier alpha value is -0.260. The minimum absolute atomic E-state index is 0.274. The van der Waals surface area contributed by atoms with E-state index in [9.17, 15) is 0 Å². The van der Waals surface area contributed by atoms with Gasteiger partial charge in [0.25, 0.3) is 0 Å². The van der Waals surface area contributed by atoms with Gasteiger partial charge in [0.15, 0.2) is 0 Å². The van der Waals surface area contributed by atoms with Crippen molar-refractivity contribution in [2.45, 2.75) is 58.0 Å². The standard InChI is InChI=1S/C14H21BrN2OS/c1-3-18-14(8-6-4-5-7-9-14)13-16-10(2)11(15)12(19)17-13/h3-9H2,1-2H3,(H,16,17,19). The molecular formula is C14H21BrN2OS. The monoisotopic (exact) mass is 344 g/mol. The number of aromatic nitrogens is 2. The summed E-state index contributed by atoms with van der Waals surface area (Å²) in [7, 11) is 0. The highest BCUT2D eigenvalue weighted by molar-refractivity contribution is 9.10. The number of rotatable bonds is 3.